The number of benzene rings is 1. The summed E-state index contributed by atoms with van der Waals surface area (Å²) in [4.78, 5) is 11.0. The van der Waals surface area contributed by atoms with E-state index < -0.39 is 34.9 Å². The number of hydrogen-bond donors (Lipinski definition) is 0. The van der Waals surface area contributed by atoms with Crippen LogP contribution in [0.5, 0.6) is 0 Å². The van der Waals surface area contributed by atoms with Crippen molar-refractivity contribution in [3.8, 4) is 6.07 Å². The Morgan fingerprint density at radius 1 is 1.50 bits per heavy atom. The smallest absolute Gasteiger partial charge is 0.340 e. The molecule has 84 valence electrons. The average molecular weight is 229 g/mol. The Morgan fingerprint density at radius 3 is 2.56 bits per heavy atom. The fourth-order valence-corrected chi connectivity index (χ4v) is 1.17. The van der Waals surface area contributed by atoms with Gasteiger partial charge in [0, 0.05) is 0 Å². The topological polar surface area (TPSA) is 50.1 Å². The summed E-state index contributed by atoms with van der Waals surface area (Å²) in [5.74, 6) is -2.48. The Labute approximate surface area is 89.1 Å². The first kappa shape index (κ1) is 12.0. The Bertz CT molecular complexity index is 466. The number of carbonyl (C=O) groups is 1. The lowest BCUT2D eigenvalue weighted by Crippen LogP contribution is -2.08. The van der Waals surface area contributed by atoms with Crippen molar-refractivity contribution in [2.75, 3.05) is 7.11 Å². The molecule has 0 aliphatic heterocycles. The molecule has 0 amide bonds. The van der Waals surface area contributed by atoms with Crippen molar-refractivity contribution in [1.82, 2.24) is 0 Å². The van der Waals surface area contributed by atoms with Gasteiger partial charge in [0.25, 0.3) is 6.43 Å². The van der Waals surface area contributed by atoms with Gasteiger partial charge in [-0.05, 0) is 12.1 Å². The second kappa shape index (κ2) is 4.66. The average Bonchev–Trinajstić information content (AvgIpc) is 2.26. The third-order valence-corrected chi connectivity index (χ3v) is 1.92. The summed E-state index contributed by atoms with van der Waals surface area (Å²) >= 11 is 0. The molecule has 16 heavy (non-hydrogen) atoms. The van der Waals surface area contributed by atoms with Crippen LogP contribution in [0.4, 0.5) is 13.2 Å². The highest BCUT2D eigenvalue weighted by Crippen LogP contribution is 2.28. The first-order valence-electron chi connectivity index (χ1n) is 4.11. The number of methoxy groups -OCH3 is 1. The summed E-state index contributed by atoms with van der Waals surface area (Å²) in [5, 5.41) is 8.51. The molecule has 0 unspecified atom stereocenters. The number of hydrogen-bond acceptors (Lipinski definition) is 3. The molecule has 0 heterocycles. The van der Waals surface area contributed by atoms with Crippen molar-refractivity contribution in [3.63, 3.8) is 0 Å². The molecule has 0 N–H and O–H groups in total. The van der Waals surface area contributed by atoms with Crippen LogP contribution in [0.1, 0.15) is 27.9 Å². The first-order chi connectivity index (χ1) is 7.52. The zero-order valence-electron chi connectivity index (χ0n) is 8.13. The largest absolute Gasteiger partial charge is 0.465 e. The standard InChI is InChI=1S/C10H6F3NO2/c1-16-10(15)6-3-2-5(4-14)7(8(6)11)9(12)13/h2-3,9H,1H3. The second-order valence-electron chi connectivity index (χ2n) is 2.79. The Balaban J connectivity index is 3.45. The molecule has 1 rings (SSSR count). The number of esters is 1. The molecular formula is C10H6F3NO2. The lowest BCUT2D eigenvalue weighted by molar-refractivity contribution is 0.0594. The van der Waals surface area contributed by atoms with E-state index in [-0.39, 0.29) is 0 Å². The third-order valence-electron chi connectivity index (χ3n) is 1.92. The summed E-state index contributed by atoms with van der Waals surface area (Å²) in [5.41, 5.74) is -2.19. The number of carbonyl (C=O) groups excluding carboxylic acids is 1. The molecule has 1 aromatic rings. The molecule has 0 saturated heterocycles. The van der Waals surface area contributed by atoms with Crippen molar-refractivity contribution in [3.05, 3.63) is 34.6 Å². The van der Waals surface area contributed by atoms with Gasteiger partial charge in [-0.25, -0.2) is 18.0 Å². The second-order valence-corrected chi connectivity index (χ2v) is 2.79. The zero-order valence-corrected chi connectivity index (χ0v) is 8.13. The lowest BCUT2D eigenvalue weighted by atomic mass is 10.0. The Morgan fingerprint density at radius 2 is 2.12 bits per heavy atom. The van der Waals surface area contributed by atoms with Crippen molar-refractivity contribution in [1.29, 1.82) is 5.26 Å². The van der Waals surface area contributed by atoms with E-state index in [4.69, 9.17) is 5.26 Å². The molecule has 0 atom stereocenters. The minimum absolute atomic E-state index is 0.500. The summed E-state index contributed by atoms with van der Waals surface area (Å²) in [6.07, 6.45) is -3.17. The van der Waals surface area contributed by atoms with Gasteiger partial charge in [-0.15, -0.1) is 0 Å². The molecule has 0 saturated carbocycles. The highest BCUT2D eigenvalue weighted by atomic mass is 19.3. The van der Waals surface area contributed by atoms with E-state index in [2.05, 4.69) is 4.74 Å². The van der Waals surface area contributed by atoms with Crippen LogP contribution in [0.3, 0.4) is 0 Å². The van der Waals surface area contributed by atoms with Gasteiger partial charge >= 0.3 is 5.97 Å². The molecule has 1 aromatic carbocycles. The maximum absolute atomic E-state index is 13.5. The summed E-state index contributed by atoms with van der Waals surface area (Å²) in [6, 6.07) is 3.32. The number of rotatable bonds is 2. The molecule has 3 nitrogen and oxygen atoms in total. The van der Waals surface area contributed by atoms with Crippen LogP contribution < -0.4 is 0 Å². The number of ether oxygens (including phenoxy) is 1. The van der Waals surface area contributed by atoms with E-state index in [1.165, 1.54) is 6.07 Å². The predicted octanol–water partition coefficient (Wildman–Crippen LogP) is 2.42. The van der Waals surface area contributed by atoms with Gasteiger partial charge < -0.3 is 4.74 Å². The van der Waals surface area contributed by atoms with Gasteiger partial charge in [-0.3, -0.25) is 0 Å². The van der Waals surface area contributed by atoms with Gasteiger partial charge in [0.05, 0.1) is 29.9 Å². The van der Waals surface area contributed by atoms with Crippen LogP contribution in [0, 0.1) is 17.1 Å². The molecular weight excluding hydrogens is 223 g/mol. The van der Waals surface area contributed by atoms with Gasteiger partial charge in [0.15, 0.2) is 0 Å². The molecule has 0 spiro atoms. The van der Waals surface area contributed by atoms with Gasteiger partial charge in [0.1, 0.15) is 5.82 Å². The van der Waals surface area contributed by atoms with E-state index in [0.29, 0.717) is 0 Å². The highest BCUT2D eigenvalue weighted by Gasteiger charge is 2.24. The van der Waals surface area contributed by atoms with Gasteiger partial charge in [0.2, 0.25) is 0 Å². The Kier molecular flexibility index (Phi) is 3.51. The predicted molar refractivity (Wildman–Crippen MR) is 47.4 cm³/mol. The van der Waals surface area contributed by atoms with Crippen LogP contribution in [0.2, 0.25) is 0 Å². The minimum atomic E-state index is -3.17. The SMILES string of the molecule is COC(=O)c1ccc(C#N)c(C(F)F)c1F. The Hall–Kier alpha value is -2.03. The van der Waals surface area contributed by atoms with E-state index in [0.717, 1.165) is 19.2 Å². The van der Waals surface area contributed by atoms with Gasteiger partial charge in [-0.1, -0.05) is 0 Å². The van der Waals surface area contributed by atoms with E-state index in [1.54, 1.807) is 0 Å². The maximum Gasteiger partial charge on any atom is 0.340 e. The molecule has 0 bridgehead atoms. The molecule has 6 heteroatoms. The molecule has 0 fully saturated rings. The first-order valence-corrected chi connectivity index (χ1v) is 4.11. The monoisotopic (exact) mass is 229 g/mol. The maximum atomic E-state index is 13.5. The van der Waals surface area contributed by atoms with Crippen LogP contribution in [0.15, 0.2) is 12.1 Å². The fraction of sp³-hybridized carbons (Fsp3) is 0.200. The van der Waals surface area contributed by atoms with Gasteiger partial charge in [-0.2, -0.15) is 5.26 Å². The number of alkyl halides is 2. The van der Waals surface area contributed by atoms with E-state index in [9.17, 15) is 18.0 Å². The molecule has 0 radical (unpaired) electrons. The number of nitrogens with zero attached hydrogens (tertiary/aromatic N) is 1. The molecule has 0 aliphatic carbocycles. The third kappa shape index (κ3) is 1.98. The van der Waals surface area contributed by atoms with Crippen LogP contribution >= 0.6 is 0 Å². The summed E-state index contributed by atoms with van der Waals surface area (Å²) in [6.45, 7) is 0. The van der Waals surface area contributed by atoms with Crippen LogP contribution in [0.25, 0.3) is 0 Å². The van der Waals surface area contributed by atoms with Crippen molar-refractivity contribution < 1.29 is 22.7 Å². The highest BCUT2D eigenvalue weighted by molar-refractivity contribution is 5.90. The number of halogens is 3. The van der Waals surface area contributed by atoms with Crippen molar-refractivity contribution in [2.45, 2.75) is 6.43 Å². The van der Waals surface area contributed by atoms with Crippen molar-refractivity contribution in [2.24, 2.45) is 0 Å². The number of nitriles is 1. The normalized spacial score (nSPS) is 10.0. The van der Waals surface area contributed by atoms with Crippen molar-refractivity contribution >= 4 is 5.97 Å². The summed E-state index contributed by atoms with van der Waals surface area (Å²) in [7, 11) is 1.00. The fourth-order valence-electron chi connectivity index (χ4n) is 1.17. The molecule has 0 aromatic heterocycles. The lowest BCUT2D eigenvalue weighted by Gasteiger charge is -2.07. The quantitative estimate of drug-likeness (QED) is 0.731. The zero-order chi connectivity index (χ0) is 12.3. The van der Waals surface area contributed by atoms with Crippen LogP contribution in [-0.2, 0) is 4.74 Å². The van der Waals surface area contributed by atoms with E-state index >= 15 is 0 Å². The van der Waals surface area contributed by atoms with E-state index in [1.807, 2.05) is 0 Å². The summed E-state index contributed by atoms with van der Waals surface area (Å²) < 4.78 is 42.7. The molecule has 0 aliphatic rings. The minimum Gasteiger partial charge on any atom is -0.465 e. The van der Waals surface area contributed by atoms with Crippen LogP contribution in [-0.4, -0.2) is 13.1 Å².